The molecule has 1 unspecified atom stereocenters. The van der Waals surface area contributed by atoms with Gasteiger partial charge in [-0.05, 0) is 41.5 Å². The standard InChI is InChI=1S/C13H14N2OS/c16-13-4-2-11(15-13)8-14-10-1-3-12-9(7-10)5-6-17-12/h1,3,5-7,11,14H,2,4,8H2,(H,15,16). The zero-order valence-corrected chi connectivity index (χ0v) is 10.2. The predicted octanol–water partition coefficient (Wildman–Crippen LogP) is 2.59. The number of carbonyl (C=O) groups excluding carboxylic acids is 1. The molecule has 3 rings (SSSR count). The molecule has 0 aliphatic carbocycles. The molecule has 2 aromatic rings. The second-order valence-corrected chi connectivity index (χ2v) is 5.30. The normalized spacial score (nSPS) is 19.5. The van der Waals surface area contributed by atoms with E-state index in [9.17, 15) is 4.79 Å². The lowest BCUT2D eigenvalue weighted by atomic mass is 10.2. The number of fused-ring (bicyclic) bond motifs is 1. The van der Waals surface area contributed by atoms with Crippen LogP contribution in [-0.2, 0) is 4.79 Å². The van der Waals surface area contributed by atoms with Gasteiger partial charge in [0.1, 0.15) is 0 Å². The molecule has 0 spiro atoms. The summed E-state index contributed by atoms with van der Waals surface area (Å²) in [5.74, 6) is 0.171. The van der Waals surface area contributed by atoms with Crippen LogP contribution in [0.5, 0.6) is 0 Å². The van der Waals surface area contributed by atoms with Gasteiger partial charge in [-0.15, -0.1) is 11.3 Å². The number of nitrogens with one attached hydrogen (secondary N) is 2. The first-order chi connectivity index (χ1) is 8.31. The van der Waals surface area contributed by atoms with Gasteiger partial charge in [0.05, 0.1) is 0 Å². The quantitative estimate of drug-likeness (QED) is 0.874. The van der Waals surface area contributed by atoms with Crippen LogP contribution < -0.4 is 10.6 Å². The molecule has 4 heteroatoms. The molecule has 1 fully saturated rings. The summed E-state index contributed by atoms with van der Waals surface area (Å²) in [6.07, 6.45) is 1.60. The third kappa shape index (κ3) is 2.26. The van der Waals surface area contributed by atoms with E-state index in [1.807, 2.05) is 0 Å². The second-order valence-electron chi connectivity index (χ2n) is 4.36. The third-order valence-corrected chi connectivity index (χ3v) is 3.99. The van der Waals surface area contributed by atoms with E-state index in [2.05, 4.69) is 40.3 Å². The van der Waals surface area contributed by atoms with Crippen molar-refractivity contribution in [3.05, 3.63) is 29.6 Å². The minimum absolute atomic E-state index is 0.171. The number of hydrogen-bond donors (Lipinski definition) is 2. The molecule has 1 amide bonds. The van der Waals surface area contributed by atoms with Gasteiger partial charge in [-0.3, -0.25) is 4.79 Å². The van der Waals surface area contributed by atoms with Crippen molar-refractivity contribution in [3.63, 3.8) is 0 Å². The van der Waals surface area contributed by atoms with Gasteiger partial charge in [0, 0.05) is 29.4 Å². The number of benzene rings is 1. The van der Waals surface area contributed by atoms with E-state index in [-0.39, 0.29) is 11.9 Å². The Morgan fingerprint density at radius 2 is 2.35 bits per heavy atom. The second kappa shape index (κ2) is 4.37. The average Bonchev–Trinajstić information content (AvgIpc) is 2.94. The Kier molecular flexibility index (Phi) is 2.73. The lowest BCUT2D eigenvalue weighted by Crippen LogP contribution is -2.31. The topological polar surface area (TPSA) is 41.1 Å². The Labute approximate surface area is 104 Å². The van der Waals surface area contributed by atoms with E-state index >= 15 is 0 Å². The van der Waals surface area contributed by atoms with Gasteiger partial charge < -0.3 is 10.6 Å². The van der Waals surface area contributed by atoms with Gasteiger partial charge in [-0.25, -0.2) is 0 Å². The third-order valence-electron chi connectivity index (χ3n) is 3.09. The highest BCUT2D eigenvalue weighted by molar-refractivity contribution is 7.17. The summed E-state index contributed by atoms with van der Waals surface area (Å²) in [5.41, 5.74) is 1.12. The smallest absolute Gasteiger partial charge is 0.220 e. The summed E-state index contributed by atoms with van der Waals surface area (Å²) in [5, 5.41) is 9.71. The summed E-state index contributed by atoms with van der Waals surface area (Å²) in [6.45, 7) is 0.807. The minimum atomic E-state index is 0.171. The molecule has 17 heavy (non-hydrogen) atoms. The van der Waals surface area contributed by atoms with E-state index < -0.39 is 0 Å². The van der Waals surface area contributed by atoms with Crippen molar-refractivity contribution in [2.75, 3.05) is 11.9 Å². The molecule has 2 heterocycles. The van der Waals surface area contributed by atoms with Gasteiger partial charge >= 0.3 is 0 Å². The van der Waals surface area contributed by atoms with Crippen LogP contribution in [0.15, 0.2) is 29.6 Å². The fourth-order valence-electron chi connectivity index (χ4n) is 2.15. The van der Waals surface area contributed by atoms with Crippen LogP contribution in [0.1, 0.15) is 12.8 Å². The number of carbonyl (C=O) groups is 1. The number of anilines is 1. The Morgan fingerprint density at radius 1 is 1.41 bits per heavy atom. The van der Waals surface area contributed by atoms with Crippen LogP contribution >= 0.6 is 11.3 Å². The summed E-state index contributed by atoms with van der Waals surface area (Å²) < 4.78 is 1.31. The predicted molar refractivity (Wildman–Crippen MR) is 71.5 cm³/mol. The highest BCUT2D eigenvalue weighted by Gasteiger charge is 2.19. The lowest BCUT2D eigenvalue weighted by molar-refractivity contribution is -0.119. The molecule has 3 nitrogen and oxygen atoms in total. The van der Waals surface area contributed by atoms with Gasteiger partial charge in [0.2, 0.25) is 5.91 Å². The molecular formula is C13H14N2OS. The lowest BCUT2D eigenvalue weighted by Gasteiger charge is -2.12. The van der Waals surface area contributed by atoms with Crippen LogP contribution in [-0.4, -0.2) is 18.5 Å². The maximum atomic E-state index is 11.1. The molecule has 0 radical (unpaired) electrons. The fourth-order valence-corrected chi connectivity index (χ4v) is 2.92. The first-order valence-corrected chi connectivity index (χ1v) is 6.70. The van der Waals surface area contributed by atoms with Crippen molar-refractivity contribution in [1.82, 2.24) is 5.32 Å². The van der Waals surface area contributed by atoms with Gasteiger partial charge in [-0.2, -0.15) is 0 Å². The monoisotopic (exact) mass is 246 g/mol. The highest BCUT2D eigenvalue weighted by Crippen LogP contribution is 2.24. The van der Waals surface area contributed by atoms with Crippen molar-refractivity contribution in [2.24, 2.45) is 0 Å². The molecule has 1 aromatic heterocycles. The summed E-state index contributed by atoms with van der Waals surface area (Å²) in [6, 6.07) is 8.79. The van der Waals surface area contributed by atoms with Crippen LogP contribution in [0.4, 0.5) is 5.69 Å². The highest BCUT2D eigenvalue weighted by atomic mass is 32.1. The molecule has 1 aliphatic rings. The van der Waals surface area contributed by atoms with Crippen molar-refractivity contribution < 1.29 is 4.79 Å². The van der Waals surface area contributed by atoms with Crippen molar-refractivity contribution >= 4 is 33.0 Å². The van der Waals surface area contributed by atoms with E-state index in [1.165, 1.54) is 10.1 Å². The van der Waals surface area contributed by atoms with Crippen molar-refractivity contribution in [3.8, 4) is 0 Å². The first-order valence-electron chi connectivity index (χ1n) is 5.82. The number of amides is 1. The molecule has 0 bridgehead atoms. The zero-order chi connectivity index (χ0) is 11.7. The number of hydrogen-bond acceptors (Lipinski definition) is 3. The Hall–Kier alpha value is -1.55. The SMILES string of the molecule is O=C1CCC(CNc2ccc3sccc3c2)N1. The Morgan fingerprint density at radius 3 is 3.18 bits per heavy atom. The molecule has 2 N–H and O–H groups in total. The minimum Gasteiger partial charge on any atom is -0.383 e. The molecule has 1 saturated heterocycles. The average molecular weight is 246 g/mol. The molecule has 1 aromatic carbocycles. The number of thiophene rings is 1. The van der Waals surface area contributed by atoms with Gasteiger partial charge in [0.15, 0.2) is 0 Å². The van der Waals surface area contributed by atoms with E-state index in [0.717, 1.165) is 18.7 Å². The van der Waals surface area contributed by atoms with E-state index in [4.69, 9.17) is 0 Å². The van der Waals surface area contributed by atoms with Crippen LogP contribution in [0.3, 0.4) is 0 Å². The molecule has 1 atom stereocenters. The Bertz CT molecular complexity index is 549. The fraction of sp³-hybridized carbons (Fsp3) is 0.308. The molecule has 88 valence electrons. The van der Waals surface area contributed by atoms with Crippen molar-refractivity contribution in [2.45, 2.75) is 18.9 Å². The largest absolute Gasteiger partial charge is 0.383 e. The Balaban J connectivity index is 1.66. The van der Waals surface area contributed by atoms with Crippen LogP contribution in [0.25, 0.3) is 10.1 Å². The maximum absolute atomic E-state index is 11.1. The number of rotatable bonds is 3. The summed E-state index contributed by atoms with van der Waals surface area (Å²) in [4.78, 5) is 11.1. The molecule has 1 aliphatic heterocycles. The van der Waals surface area contributed by atoms with Gasteiger partial charge in [-0.1, -0.05) is 0 Å². The zero-order valence-electron chi connectivity index (χ0n) is 9.40. The van der Waals surface area contributed by atoms with Crippen molar-refractivity contribution in [1.29, 1.82) is 0 Å². The molecule has 0 saturated carbocycles. The van der Waals surface area contributed by atoms with Gasteiger partial charge in [0.25, 0.3) is 0 Å². The summed E-state index contributed by atoms with van der Waals surface area (Å²) in [7, 11) is 0. The van der Waals surface area contributed by atoms with Crippen LogP contribution in [0, 0.1) is 0 Å². The first kappa shape index (κ1) is 10.6. The maximum Gasteiger partial charge on any atom is 0.220 e. The molecular weight excluding hydrogens is 232 g/mol. The van der Waals surface area contributed by atoms with E-state index in [1.54, 1.807) is 11.3 Å². The summed E-state index contributed by atoms with van der Waals surface area (Å²) >= 11 is 1.75. The van der Waals surface area contributed by atoms with Crippen LogP contribution in [0.2, 0.25) is 0 Å². The van der Waals surface area contributed by atoms with E-state index in [0.29, 0.717) is 6.42 Å².